The maximum absolute atomic E-state index is 13.1. The molecule has 0 spiro atoms. The molecule has 1 amide bonds. The fourth-order valence-corrected chi connectivity index (χ4v) is 4.57. The highest BCUT2D eigenvalue weighted by atomic mass is 32.2. The van der Waals surface area contributed by atoms with E-state index in [0.717, 1.165) is 29.4 Å². The zero-order valence-corrected chi connectivity index (χ0v) is 19.0. The number of sulfonamides is 1. The molecule has 2 aromatic rings. The summed E-state index contributed by atoms with van der Waals surface area (Å²) in [5.74, 6) is 0.0599. The first kappa shape index (κ1) is 22.9. The number of benzene rings is 2. The zero-order valence-electron chi connectivity index (χ0n) is 18.1. The number of nitrogens with zero attached hydrogens (tertiary/aromatic N) is 1. The van der Waals surface area contributed by atoms with Crippen molar-refractivity contribution < 1.29 is 13.2 Å². The van der Waals surface area contributed by atoms with Crippen LogP contribution in [0.2, 0.25) is 0 Å². The second-order valence-electron chi connectivity index (χ2n) is 8.10. The second-order valence-corrected chi connectivity index (χ2v) is 9.96. The maximum Gasteiger partial charge on any atom is 0.244 e. The van der Waals surface area contributed by atoms with Crippen LogP contribution in [-0.2, 0) is 14.8 Å². The molecule has 0 aliphatic heterocycles. The number of anilines is 1. The minimum Gasteiger partial charge on any atom is -0.347 e. The van der Waals surface area contributed by atoms with Gasteiger partial charge in [-0.1, -0.05) is 50.2 Å². The summed E-state index contributed by atoms with van der Waals surface area (Å²) in [4.78, 5) is 13.1. The van der Waals surface area contributed by atoms with Gasteiger partial charge in [0.1, 0.15) is 6.04 Å². The van der Waals surface area contributed by atoms with Gasteiger partial charge in [-0.05, 0) is 61.9 Å². The Morgan fingerprint density at radius 1 is 1.00 bits per heavy atom. The number of hydrogen-bond donors (Lipinski definition) is 1. The second kappa shape index (κ2) is 9.44. The van der Waals surface area contributed by atoms with Crippen LogP contribution in [0.4, 0.5) is 5.69 Å². The lowest BCUT2D eigenvalue weighted by atomic mass is 9.96. The molecule has 5 nitrogen and oxygen atoms in total. The van der Waals surface area contributed by atoms with Crippen molar-refractivity contribution in [2.45, 2.75) is 53.1 Å². The Hall–Kier alpha value is -2.34. The molecule has 0 fully saturated rings. The first-order valence-electron chi connectivity index (χ1n) is 9.92. The molecule has 158 valence electrons. The molecule has 2 rings (SSSR count). The van der Waals surface area contributed by atoms with E-state index in [4.69, 9.17) is 0 Å². The Bertz CT molecular complexity index is 940. The highest BCUT2D eigenvalue weighted by Crippen LogP contribution is 2.25. The normalized spacial score (nSPS) is 13.8. The largest absolute Gasteiger partial charge is 0.347 e. The monoisotopic (exact) mass is 416 g/mol. The summed E-state index contributed by atoms with van der Waals surface area (Å²) < 4.78 is 26.3. The standard InChI is InChI=1S/C23H32N2O3S/c1-16(2)14-22(20-10-8-7-9-11-20)24-23(26)19(5)25(29(6,27)28)21-13-12-17(3)18(4)15-21/h7-13,15-16,19,22H,14H2,1-6H3,(H,24,26)/t19-,22-/m1/s1. The lowest BCUT2D eigenvalue weighted by molar-refractivity contribution is -0.122. The molecule has 0 bridgehead atoms. The molecule has 0 aromatic heterocycles. The molecule has 29 heavy (non-hydrogen) atoms. The van der Waals surface area contributed by atoms with Crippen LogP contribution < -0.4 is 9.62 Å². The van der Waals surface area contributed by atoms with E-state index in [-0.39, 0.29) is 11.9 Å². The molecule has 2 aromatic carbocycles. The molecule has 0 aliphatic rings. The third kappa shape index (κ3) is 6.07. The van der Waals surface area contributed by atoms with Crippen molar-refractivity contribution in [1.82, 2.24) is 5.32 Å². The summed E-state index contributed by atoms with van der Waals surface area (Å²) in [5, 5.41) is 3.07. The Kier molecular flexibility index (Phi) is 7.47. The van der Waals surface area contributed by atoms with Gasteiger partial charge in [0.2, 0.25) is 15.9 Å². The summed E-state index contributed by atoms with van der Waals surface area (Å²) in [7, 11) is -3.64. The number of hydrogen-bond acceptors (Lipinski definition) is 3. The summed E-state index contributed by atoms with van der Waals surface area (Å²) in [6.07, 6.45) is 1.90. The topological polar surface area (TPSA) is 66.5 Å². The van der Waals surface area contributed by atoms with Gasteiger partial charge in [-0.2, -0.15) is 0 Å². The SMILES string of the molecule is Cc1ccc(N([C@H](C)C(=O)N[C@H](CC(C)C)c2ccccc2)S(C)(=O)=O)cc1C. The predicted octanol–water partition coefficient (Wildman–Crippen LogP) is 4.36. The first-order chi connectivity index (χ1) is 13.5. The average molecular weight is 417 g/mol. The molecule has 0 radical (unpaired) electrons. The first-order valence-corrected chi connectivity index (χ1v) is 11.8. The van der Waals surface area contributed by atoms with Gasteiger partial charge in [-0.25, -0.2) is 8.42 Å². The van der Waals surface area contributed by atoms with Crippen LogP contribution in [0.3, 0.4) is 0 Å². The van der Waals surface area contributed by atoms with Crippen LogP contribution in [0, 0.1) is 19.8 Å². The zero-order chi connectivity index (χ0) is 21.8. The quantitative estimate of drug-likeness (QED) is 0.695. The van der Waals surface area contributed by atoms with Crippen molar-refractivity contribution in [2.24, 2.45) is 5.92 Å². The van der Waals surface area contributed by atoms with Gasteiger partial charge in [0.25, 0.3) is 0 Å². The number of nitrogens with one attached hydrogen (secondary N) is 1. The van der Waals surface area contributed by atoms with Crippen molar-refractivity contribution in [3.63, 3.8) is 0 Å². The molecule has 0 heterocycles. The van der Waals surface area contributed by atoms with Gasteiger partial charge in [0.05, 0.1) is 18.0 Å². The Morgan fingerprint density at radius 2 is 1.62 bits per heavy atom. The molecule has 0 saturated carbocycles. The van der Waals surface area contributed by atoms with E-state index < -0.39 is 16.1 Å². The minimum absolute atomic E-state index is 0.174. The third-order valence-electron chi connectivity index (χ3n) is 5.06. The molecule has 6 heteroatoms. The molecule has 2 atom stereocenters. The van der Waals surface area contributed by atoms with E-state index in [9.17, 15) is 13.2 Å². The minimum atomic E-state index is -3.64. The summed E-state index contributed by atoms with van der Waals surface area (Å²) in [6.45, 7) is 9.73. The van der Waals surface area contributed by atoms with Crippen molar-refractivity contribution in [1.29, 1.82) is 0 Å². The number of amides is 1. The Morgan fingerprint density at radius 3 is 2.14 bits per heavy atom. The molecule has 0 saturated heterocycles. The van der Waals surface area contributed by atoms with Crippen LogP contribution in [0.25, 0.3) is 0 Å². The van der Waals surface area contributed by atoms with Gasteiger partial charge >= 0.3 is 0 Å². The molecule has 1 N–H and O–H groups in total. The molecule has 0 aliphatic carbocycles. The molecule has 0 unspecified atom stereocenters. The Labute approximate surface area is 175 Å². The van der Waals surface area contributed by atoms with Crippen LogP contribution >= 0.6 is 0 Å². The van der Waals surface area contributed by atoms with E-state index >= 15 is 0 Å². The molecular formula is C23H32N2O3S. The van der Waals surface area contributed by atoms with E-state index in [0.29, 0.717) is 11.6 Å². The maximum atomic E-state index is 13.1. The van der Waals surface area contributed by atoms with E-state index in [1.807, 2.05) is 56.3 Å². The highest BCUT2D eigenvalue weighted by Gasteiger charge is 2.30. The van der Waals surface area contributed by atoms with Crippen molar-refractivity contribution in [2.75, 3.05) is 10.6 Å². The average Bonchev–Trinajstić information content (AvgIpc) is 2.63. The van der Waals surface area contributed by atoms with Crippen LogP contribution in [0.1, 0.15) is 49.9 Å². The summed E-state index contributed by atoms with van der Waals surface area (Å²) >= 11 is 0. The summed E-state index contributed by atoms with van der Waals surface area (Å²) in [5.41, 5.74) is 3.56. The smallest absolute Gasteiger partial charge is 0.244 e. The third-order valence-corrected chi connectivity index (χ3v) is 6.30. The van der Waals surface area contributed by atoms with E-state index in [1.54, 1.807) is 13.0 Å². The lowest BCUT2D eigenvalue weighted by Gasteiger charge is -2.30. The van der Waals surface area contributed by atoms with Gasteiger partial charge in [-0.15, -0.1) is 0 Å². The number of carbonyl (C=O) groups is 1. The van der Waals surface area contributed by atoms with Gasteiger partial charge < -0.3 is 5.32 Å². The van der Waals surface area contributed by atoms with Gasteiger partial charge in [0, 0.05) is 0 Å². The summed E-state index contributed by atoms with van der Waals surface area (Å²) in [6, 6.07) is 14.2. The molecular weight excluding hydrogens is 384 g/mol. The number of aryl methyl sites for hydroxylation is 2. The fraction of sp³-hybridized carbons (Fsp3) is 0.435. The highest BCUT2D eigenvalue weighted by molar-refractivity contribution is 7.92. The van der Waals surface area contributed by atoms with Crippen molar-refractivity contribution >= 4 is 21.6 Å². The predicted molar refractivity (Wildman–Crippen MR) is 119 cm³/mol. The van der Waals surface area contributed by atoms with Crippen LogP contribution in [0.5, 0.6) is 0 Å². The van der Waals surface area contributed by atoms with E-state index in [1.165, 1.54) is 4.31 Å². The van der Waals surface area contributed by atoms with Crippen LogP contribution in [0.15, 0.2) is 48.5 Å². The fourth-order valence-electron chi connectivity index (χ4n) is 3.40. The van der Waals surface area contributed by atoms with Crippen molar-refractivity contribution in [3.05, 3.63) is 65.2 Å². The van der Waals surface area contributed by atoms with Gasteiger partial charge in [-0.3, -0.25) is 9.10 Å². The number of rotatable bonds is 8. The van der Waals surface area contributed by atoms with Crippen molar-refractivity contribution in [3.8, 4) is 0 Å². The number of carbonyl (C=O) groups excluding carboxylic acids is 1. The van der Waals surface area contributed by atoms with Crippen LogP contribution in [-0.4, -0.2) is 26.6 Å². The van der Waals surface area contributed by atoms with Gasteiger partial charge in [0.15, 0.2) is 0 Å². The van der Waals surface area contributed by atoms with E-state index in [2.05, 4.69) is 19.2 Å². The lowest BCUT2D eigenvalue weighted by Crippen LogP contribution is -2.48. The Balaban J connectivity index is 2.33.